The number of hydrogen-bond acceptors (Lipinski definition) is 8. The highest BCUT2D eigenvalue weighted by Gasteiger charge is 2.23. The fraction of sp³-hybridized carbons (Fsp3) is 0.350. The number of aryl methyl sites for hydroxylation is 1. The molecule has 142 valence electrons. The van der Waals surface area contributed by atoms with Gasteiger partial charge in [-0.1, -0.05) is 18.2 Å². The van der Waals surface area contributed by atoms with Crippen LogP contribution in [0.4, 0.5) is 23.4 Å². The Labute approximate surface area is 163 Å². The van der Waals surface area contributed by atoms with Gasteiger partial charge in [0.15, 0.2) is 5.82 Å². The van der Waals surface area contributed by atoms with Crippen LogP contribution in [-0.2, 0) is 6.42 Å². The van der Waals surface area contributed by atoms with Gasteiger partial charge in [-0.05, 0) is 30.5 Å². The molecule has 2 aliphatic heterocycles. The Kier molecular flexibility index (Phi) is 4.44. The molecule has 0 radical (unpaired) electrons. The fourth-order valence-corrected chi connectivity index (χ4v) is 3.88. The lowest BCUT2D eigenvalue weighted by molar-refractivity contribution is 0.630. The van der Waals surface area contributed by atoms with Crippen molar-refractivity contribution in [2.75, 3.05) is 47.4 Å². The molecule has 1 aromatic carbocycles. The smallest absolute Gasteiger partial charge is 0.251 e. The van der Waals surface area contributed by atoms with E-state index in [0.717, 1.165) is 57.3 Å². The maximum atomic E-state index is 4.85. The Morgan fingerprint density at radius 2 is 1.57 bits per heavy atom. The highest BCUT2D eigenvalue weighted by atomic mass is 15.4. The standard InChI is InChI=1S/C20H22N8/c1-2-7-17-16(5-1)6-3-10-28(17)20-24-18(15-23-25-20)26-11-13-27(14-12-26)19-21-8-4-9-22-19/h1-2,4-5,7-9,15H,3,6,10-14H2. The van der Waals surface area contributed by atoms with Crippen molar-refractivity contribution >= 4 is 23.4 Å². The SMILES string of the molecule is c1cnc(N2CCN(c3cnnc(N4CCCc5ccccc54)n3)CC2)nc1. The molecule has 3 aromatic rings. The summed E-state index contributed by atoms with van der Waals surface area (Å²) >= 11 is 0. The van der Waals surface area contributed by atoms with E-state index in [9.17, 15) is 0 Å². The molecule has 0 amide bonds. The largest absolute Gasteiger partial charge is 0.352 e. The second-order valence-electron chi connectivity index (χ2n) is 7.02. The zero-order valence-corrected chi connectivity index (χ0v) is 15.6. The summed E-state index contributed by atoms with van der Waals surface area (Å²) in [6, 6.07) is 10.3. The van der Waals surface area contributed by atoms with E-state index in [1.54, 1.807) is 18.6 Å². The van der Waals surface area contributed by atoms with Gasteiger partial charge in [0.25, 0.3) is 5.95 Å². The summed E-state index contributed by atoms with van der Waals surface area (Å²) in [5.41, 5.74) is 2.54. The second kappa shape index (κ2) is 7.38. The Hall–Kier alpha value is -3.29. The number of benzene rings is 1. The molecule has 8 nitrogen and oxygen atoms in total. The van der Waals surface area contributed by atoms with Crippen LogP contribution < -0.4 is 14.7 Å². The van der Waals surface area contributed by atoms with Crippen LogP contribution >= 0.6 is 0 Å². The zero-order chi connectivity index (χ0) is 18.8. The van der Waals surface area contributed by atoms with Gasteiger partial charge in [-0.15, -0.1) is 5.10 Å². The lowest BCUT2D eigenvalue weighted by atomic mass is 10.0. The van der Waals surface area contributed by atoms with Crippen molar-refractivity contribution < 1.29 is 0 Å². The van der Waals surface area contributed by atoms with Crippen molar-refractivity contribution in [3.8, 4) is 0 Å². The quantitative estimate of drug-likeness (QED) is 0.690. The molecule has 8 heteroatoms. The minimum Gasteiger partial charge on any atom is -0.352 e. The molecule has 28 heavy (non-hydrogen) atoms. The number of fused-ring (bicyclic) bond motifs is 1. The first-order valence-electron chi connectivity index (χ1n) is 9.70. The lowest BCUT2D eigenvalue weighted by Crippen LogP contribution is -2.47. The third-order valence-electron chi connectivity index (χ3n) is 5.33. The van der Waals surface area contributed by atoms with Gasteiger partial charge in [-0.3, -0.25) is 0 Å². The number of piperazine rings is 1. The number of nitrogens with zero attached hydrogens (tertiary/aromatic N) is 8. The van der Waals surface area contributed by atoms with E-state index in [1.807, 2.05) is 6.07 Å². The predicted molar refractivity (Wildman–Crippen MR) is 108 cm³/mol. The number of hydrogen-bond donors (Lipinski definition) is 0. The van der Waals surface area contributed by atoms with Crippen molar-refractivity contribution in [3.63, 3.8) is 0 Å². The first-order valence-corrected chi connectivity index (χ1v) is 9.70. The fourth-order valence-electron chi connectivity index (χ4n) is 3.88. The van der Waals surface area contributed by atoms with E-state index in [0.29, 0.717) is 5.95 Å². The first kappa shape index (κ1) is 16.9. The molecule has 2 aliphatic rings. The van der Waals surface area contributed by atoms with E-state index < -0.39 is 0 Å². The highest BCUT2D eigenvalue weighted by molar-refractivity contribution is 5.63. The molecule has 0 N–H and O–H groups in total. The summed E-state index contributed by atoms with van der Waals surface area (Å²) in [7, 11) is 0. The van der Waals surface area contributed by atoms with E-state index in [4.69, 9.17) is 4.98 Å². The molecule has 0 saturated carbocycles. The molecular formula is C20H22N8. The Balaban J connectivity index is 1.33. The van der Waals surface area contributed by atoms with Crippen LogP contribution in [0.2, 0.25) is 0 Å². The Morgan fingerprint density at radius 1 is 0.786 bits per heavy atom. The van der Waals surface area contributed by atoms with Crippen molar-refractivity contribution in [3.05, 3.63) is 54.5 Å². The van der Waals surface area contributed by atoms with Crippen LogP contribution in [0.1, 0.15) is 12.0 Å². The molecule has 5 rings (SSSR count). The molecule has 4 heterocycles. The second-order valence-corrected chi connectivity index (χ2v) is 7.02. The maximum Gasteiger partial charge on any atom is 0.251 e. The van der Waals surface area contributed by atoms with Gasteiger partial charge in [-0.2, -0.15) is 10.1 Å². The van der Waals surface area contributed by atoms with E-state index in [-0.39, 0.29) is 0 Å². The van der Waals surface area contributed by atoms with E-state index in [2.05, 4.69) is 59.1 Å². The van der Waals surface area contributed by atoms with Crippen molar-refractivity contribution in [2.45, 2.75) is 12.8 Å². The molecule has 1 fully saturated rings. The van der Waals surface area contributed by atoms with Gasteiger partial charge in [0.2, 0.25) is 5.95 Å². The monoisotopic (exact) mass is 374 g/mol. The molecule has 1 saturated heterocycles. The predicted octanol–water partition coefficient (Wildman–Crippen LogP) is 2.07. The summed E-state index contributed by atoms with van der Waals surface area (Å²) in [5.74, 6) is 2.34. The minimum absolute atomic E-state index is 0.679. The molecule has 0 spiro atoms. The van der Waals surface area contributed by atoms with Crippen molar-refractivity contribution in [1.82, 2.24) is 25.1 Å². The summed E-state index contributed by atoms with van der Waals surface area (Å²) in [5, 5.41) is 8.58. The Bertz CT molecular complexity index is 940. The average molecular weight is 374 g/mol. The topological polar surface area (TPSA) is 74.2 Å². The molecule has 0 atom stereocenters. The van der Waals surface area contributed by atoms with E-state index >= 15 is 0 Å². The Morgan fingerprint density at radius 3 is 2.43 bits per heavy atom. The normalized spacial score (nSPS) is 16.8. The van der Waals surface area contributed by atoms with Gasteiger partial charge in [0.05, 0.1) is 6.20 Å². The van der Waals surface area contributed by atoms with Crippen molar-refractivity contribution in [1.29, 1.82) is 0 Å². The summed E-state index contributed by atoms with van der Waals surface area (Å²) in [6.07, 6.45) is 7.52. The van der Waals surface area contributed by atoms with Crippen LogP contribution in [-0.4, -0.2) is 57.9 Å². The van der Waals surface area contributed by atoms with Crippen LogP contribution in [0, 0.1) is 0 Å². The third-order valence-corrected chi connectivity index (χ3v) is 5.33. The van der Waals surface area contributed by atoms with Crippen molar-refractivity contribution in [2.24, 2.45) is 0 Å². The van der Waals surface area contributed by atoms with Gasteiger partial charge in [-0.25, -0.2) is 9.97 Å². The van der Waals surface area contributed by atoms with Gasteiger partial charge >= 0.3 is 0 Å². The van der Waals surface area contributed by atoms with Crippen LogP contribution in [0.25, 0.3) is 0 Å². The van der Waals surface area contributed by atoms with E-state index in [1.165, 1.54) is 11.3 Å². The van der Waals surface area contributed by atoms with Crippen LogP contribution in [0.5, 0.6) is 0 Å². The molecule has 0 aliphatic carbocycles. The van der Waals surface area contributed by atoms with Crippen LogP contribution in [0.15, 0.2) is 48.9 Å². The lowest BCUT2D eigenvalue weighted by Gasteiger charge is -2.35. The highest BCUT2D eigenvalue weighted by Crippen LogP contribution is 2.31. The number of rotatable bonds is 3. The minimum atomic E-state index is 0.679. The van der Waals surface area contributed by atoms with Gasteiger partial charge in [0.1, 0.15) is 0 Å². The zero-order valence-electron chi connectivity index (χ0n) is 15.6. The summed E-state index contributed by atoms with van der Waals surface area (Å²) in [6.45, 7) is 4.34. The van der Waals surface area contributed by atoms with Crippen LogP contribution in [0.3, 0.4) is 0 Å². The maximum absolute atomic E-state index is 4.85. The molecule has 2 aromatic heterocycles. The number of aromatic nitrogens is 5. The van der Waals surface area contributed by atoms with Gasteiger partial charge in [0, 0.05) is 50.8 Å². The summed E-state index contributed by atoms with van der Waals surface area (Å²) in [4.78, 5) is 20.2. The molecule has 0 bridgehead atoms. The average Bonchev–Trinajstić information content (AvgIpc) is 2.79. The number of anilines is 4. The number of para-hydroxylation sites is 1. The first-order chi connectivity index (χ1) is 13.9. The van der Waals surface area contributed by atoms with Gasteiger partial charge < -0.3 is 14.7 Å². The summed E-state index contributed by atoms with van der Waals surface area (Å²) < 4.78 is 0. The molecular weight excluding hydrogens is 352 g/mol. The third kappa shape index (κ3) is 3.21. The molecule has 0 unspecified atom stereocenters.